The molecule has 1 heterocycles. The van der Waals surface area contributed by atoms with E-state index < -0.39 is 11.9 Å². The number of benzene rings is 3. The minimum Gasteiger partial charge on any atom is -0.493 e. The highest BCUT2D eigenvalue weighted by molar-refractivity contribution is 5.87. The zero-order chi connectivity index (χ0) is 30.4. The lowest BCUT2D eigenvalue weighted by molar-refractivity contribution is -0.137. The van der Waals surface area contributed by atoms with Gasteiger partial charge in [-0.25, -0.2) is 4.79 Å². The lowest BCUT2D eigenvalue weighted by atomic mass is 10.0. The molecule has 4 rings (SSSR count). The van der Waals surface area contributed by atoms with Crippen molar-refractivity contribution in [2.75, 3.05) is 44.2 Å². The maximum atomic E-state index is 11.2. The lowest BCUT2D eigenvalue weighted by Gasteiger charge is -2.36. The van der Waals surface area contributed by atoms with Crippen LogP contribution in [0.1, 0.15) is 60.0 Å². The van der Waals surface area contributed by atoms with Gasteiger partial charge in [-0.2, -0.15) is 0 Å². The fourth-order valence-corrected chi connectivity index (χ4v) is 5.55. The van der Waals surface area contributed by atoms with E-state index in [1.807, 2.05) is 18.2 Å². The van der Waals surface area contributed by atoms with Gasteiger partial charge in [-0.3, -0.25) is 9.69 Å². The van der Waals surface area contributed by atoms with Gasteiger partial charge in [0.15, 0.2) is 0 Å². The summed E-state index contributed by atoms with van der Waals surface area (Å²) in [4.78, 5) is 27.1. The molecule has 0 bridgehead atoms. The summed E-state index contributed by atoms with van der Waals surface area (Å²) in [6.07, 6.45) is 4.51. The number of ether oxygens (including phenoxy) is 2. The van der Waals surface area contributed by atoms with Gasteiger partial charge in [0.05, 0.1) is 18.3 Å². The monoisotopic (exact) mass is 588 g/mol. The Morgan fingerprint density at radius 3 is 2.28 bits per heavy atom. The van der Waals surface area contributed by atoms with Gasteiger partial charge in [-0.05, 0) is 93.0 Å². The molecular weight excluding hydrogens is 544 g/mol. The summed E-state index contributed by atoms with van der Waals surface area (Å²) < 4.78 is 12.5. The first-order valence-corrected chi connectivity index (χ1v) is 15.3. The molecule has 3 aromatic rings. The molecule has 1 aliphatic rings. The molecule has 1 fully saturated rings. The molecule has 0 aromatic heterocycles. The maximum absolute atomic E-state index is 11.2. The number of anilines is 1. The van der Waals surface area contributed by atoms with E-state index in [1.165, 1.54) is 23.4 Å². The molecule has 1 atom stereocenters. The fraction of sp³-hybridized carbons (Fsp3) is 0.429. The van der Waals surface area contributed by atoms with Gasteiger partial charge in [-0.1, -0.05) is 36.4 Å². The third-order valence-electron chi connectivity index (χ3n) is 7.98. The maximum Gasteiger partial charge on any atom is 0.335 e. The second-order valence-corrected chi connectivity index (χ2v) is 11.2. The molecule has 230 valence electrons. The van der Waals surface area contributed by atoms with Crippen LogP contribution in [0.25, 0.3) is 0 Å². The van der Waals surface area contributed by atoms with Crippen LogP contribution in [0, 0.1) is 6.92 Å². The summed E-state index contributed by atoms with van der Waals surface area (Å²) in [6, 6.07) is 23.1. The molecule has 0 aliphatic carbocycles. The lowest BCUT2D eigenvalue weighted by Crippen LogP contribution is -2.47. The van der Waals surface area contributed by atoms with Gasteiger partial charge in [0.1, 0.15) is 11.5 Å². The van der Waals surface area contributed by atoms with Crippen molar-refractivity contribution in [1.29, 1.82) is 0 Å². The van der Waals surface area contributed by atoms with Crippen molar-refractivity contribution in [3.63, 3.8) is 0 Å². The second-order valence-electron chi connectivity index (χ2n) is 11.2. The molecular formula is C35H44N2O6. The van der Waals surface area contributed by atoms with Gasteiger partial charge in [-0.15, -0.1) is 0 Å². The van der Waals surface area contributed by atoms with E-state index in [4.69, 9.17) is 14.6 Å². The Morgan fingerprint density at radius 1 is 0.837 bits per heavy atom. The molecule has 0 saturated carbocycles. The topological polar surface area (TPSA) is 99.5 Å². The Labute approximate surface area is 254 Å². The third kappa shape index (κ3) is 10.3. The normalized spacial score (nSPS) is 14.3. The minimum atomic E-state index is -0.978. The van der Waals surface area contributed by atoms with Gasteiger partial charge < -0.3 is 24.6 Å². The van der Waals surface area contributed by atoms with Crippen LogP contribution >= 0.6 is 0 Å². The largest absolute Gasteiger partial charge is 0.493 e. The molecule has 1 aliphatic heterocycles. The molecule has 8 heteroatoms. The van der Waals surface area contributed by atoms with Gasteiger partial charge in [0.2, 0.25) is 0 Å². The Kier molecular flexibility index (Phi) is 12.3. The zero-order valence-electron chi connectivity index (χ0n) is 25.1. The predicted octanol–water partition coefficient (Wildman–Crippen LogP) is 6.31. The zero-order valence-corrected chi connectivity index (χ0v) is 25.1. The summed E-state index contributed by atoms with van der Waals surface area (Å²) in [5, 5.41) is 18.2. The van der Waals surface area contributed by atoms with Crippen LogP contribution in [0.5, 0.6) is 11.5 Å². The Balaban J connectivity index is 1.24. The summed E-state index contributed by atoms with van der Waals surface area (Å²) in [5.74, 6) is -0.272. The van der Waals surface area contributed by atoms with Crippen LogP contribution in [0.3, 0.4) is 0 Å². The number of nitrogens with zero attached hydrogens (tertiary/aromatic N) is 2. The number of carboxylic acids is 2. The minimum absolute atomic E-state index is 0.129. The number of carbonyl (C=O) groups is 2. The van der Waals surface area contributed by atoms with Crippen molar-refractivity contribution in [1.82, 2.24) is 4.90 Å². The SMILES string of the molecule is Cc1ccccc1N1CCN(CCCOc2ccccc2CCC(CCCCC(=O)O)Oc2ccc(C(=O)O)cc2)CC1. The van der Waals surface area contributed by atoms with E-state index in [-0.39, 0.29) is 18.1 Å². The van der Waals surface area contributed by atoms with E-state index in [9.17, 15) is 14.7 Å². The summed E-state index contributed by atoms with van der Waals surface area (Å²) in [5.41, 5.74) is 4.00. The number of aryl methyl sites for hydroxylation is 2. The number of hydrogen-bond acceptors (Lipinski definition) is 6. The van der Waals surface area contributed by atoms with Crippen molar-refractivity contribution in [2.24, 2.45) is 0 Å². The van der Waals surface area contributed by atoms with E-state index >= 15 is 0 Å². The Bertz CT molecular complexity index is 1300. The quantitative estimate of drug-likeness (QED) is 0.177. The third-order valence-corrected chi connectivity index (χ3v) is 7.98. The molecule has 0 spiro atoms. The number of aliphatic carboxylic acids is 1. The molecule has 3 aromatic carbocycles. The first kappa shape index (κ1) is 31.9. The number of carboxylic acid groups (broad SMARTS) is 2. The number of rotatable bonds is 17. The van der Waals surface area contributed by atoms with E-state index in [0.717, 1.165) is 69.7 Å². The van der Waals surface area contributed by atoms with Crippen LogP contribution in [0.4, 0.5) is 5.69 Å². The van der Waals surface area contributed by atoms with Crippen molar-refractivity contribution in [2.45, 2.75) is 58.0 Å². The molecule has 1 saturated heterocycles. The number of para-hydroxylation sites is 2. The van der Waals surface area contributed by atoms with Crippen LogP contribution in [0.15, 0.2) is 72.8 Å². The number of unbranched alkanes of at least 4 members (excludes halogenated alkanes) is 1. The molecule has 2 N–H and O–H groups in total. The predicted molar refractivity (Wildman–Crippen MR) is 169 cm³/mol. The first-order valence-electron chi connectivity index (χ1n) is 15.3. The van der Waals surface area contributed by atoms with Crippen LogP contribution in [-0.4, -0.2) is 72.5 Å². The van der Waals surface area contributed by atoms with Gasteiger partial charge >= 0.3 is 11.9 Å². The van der Waals surface area contributed by atoms with E-state index in [1.54, 1.807) is 12.1 Å². The smallest absolute Gasteiger partial charge is 0.335 e. The molecule has 43 heavy (non-hydrogen) atoms. The average molecular weight is 589 g/mol. The van der Waals surface area contributed by atoms with Crippen LogP contribution < -0.4 is 14.4 Å². The van der Waals surface area contributed by atoms with Crippen molar-refractivity contribution in [3.8, 4) is 11.5 Å². The Hall–Kier alpha value is -4.04. The summed E-state index contributed by atoms with van der Waals surface area (Å²) in [6.45, 7) is 8.02. The van der Waals surface area contributed by atoms with Crippen LogP contribution in [0.2, 0.25) is 0 Å². The van der Waals surface area contributed by atoms with E-state index in [2.05, 4.69) is 47.1 Å². The Morgan fingerprint density at radius 2 is 1.56 bits per heavy atom. The summed E-state index contributed by atoms with van der Waals surface area (Å²) in [7, 11) is 0. The van der Waals surface area contributed by atoms with Crippen molar-refractivity contribution >= 4 is 17.6 Å². The fourth-order valence-electron chi connectivity index (χ4n) is 5.55. The first-order chi connectivity index (χ1) is 20.9. The highest BCUT2D eigenvalue weighted by atomic mass is 16.5. The van der Waals surface area contributed by atoms with Crippen molar-refractivity contribution < 1.29 is 29.3 Å². The second kappa shape index (κ2) is 16.6. The average Bonchev–Trinajstić information content (AvgIpc) is 3.01. The van der Waals surface area contributed by atoms with Crippen molar-refractivity contribution in [3.05, 3.63) is 89.5 Å². The highest BCUT2D eigenvalue weighted by Gasteiger charge is 2.18. The standard InChI is InChI=1S/C35H44N2O6/c1-27-9-2-5-12-32(27)37-24-22-36(23-25-37)21-8-26-42-33-13-6-3-10-28(33)15-18-30(11-4-7-14-34(38)39)43-31-19-16-29(17-20-31)35(40)41/h2-3,5-6,9-10,12-13,16-17,19-20,30H,4,7-8,11,14-15,18,21-26H2,1H3,(H,38,39)(H,40,41). The van der Waals surface area contributed by atoms with Gasteiger partial charge in [0, 0.05) is 44.8 Å². The molecule has 1 unspecified atom stereocenters. The van der Waals surface area contributed by atoms with E-state index in [0.29, 0.717) is 25.2 Å². The van der Waals surface area contributed by atoms with Gasteiger partial charge in [0.25, 0.3) is 0 Å². The molecule has 0 amide bonds. The summed E-state index contributed by atoms with van der Waals surface area (Å²) >= 11 is 0. The van der Waals surface area contributed by atoms with Crippen LogP contribution in [-0.2, 0) is 11.2 Å². The number of piperazine rings is 1. The molecule has 8 nitrogen and oxygen atoms in total. The number of aromatic carboxylic acids is 1. The number of hydrogen-bond donors (Lipinski definition) is 2. The highest BCUT2D eigenvalue weighted by Crippen LogP contribution is 2.25. The molecule has 0 radical (unpaired) electrons.